The smallest absolute Gasteiger partial charge is 0.312 e. The minimum atomic E-state index is -0.822. The zero-order valence-electron chi connectivity index (χ0n) is 11.8. The average molecular weight is 310 g/mol. The number of carbonyl (C=O) groups excluding carboxylic acids is 1. The van der Waals surface area contributed by atoms with Crippen molar-refractivity contribution in [2.45, 2.75) is 20.4 Å². The van der Waals surface area contributed by atoms with Crippen LogP contribution in [-0.2, 0) is 11.3 Å². The van der Waals surface area contributed by atoms with Crippen LogP contribution in [-0.4, -0.2) is 20.6 Å². The second-order valence-corrected chi connectivity index (χ2v) is 4.64. The molecule has 0 saturated carbocycles. The van der Waals surface area contributed by atoms with E-state index in [2.05, 4.69) is 10.4 Å². The van der Waals surface area contributed by atoms with E-state index in [1.54, 1.807) is 0 Å². The van der Waals surface area contributed by atoms with Gasteiger partial charge in [-0.3, -0.25) is 19.6 Å². The van der Waals surface area contributed by atoms with E-state index in [0.29, 0.717) is 6.07 Å². The molecule has 1 N–H and O–H groups in total. The van der Waals surface area contributed by atoms with Crippen LogP contribution >= 0.6 is 0 Å². The molecule has 0 fully saturated rings. The molecule has 7 nitrogen and oxygen atoms in total. The zero-order chi connectivity index (χ0) is 16.4. The SMILES string of the molecule is Cc1nn(CC(=O)Nc2cc(F)cc(F)c2)c(C)c1[N+](=O)[O-]. The van der Waals surface area contributed by atoms with Crippen LogP contribution in [0.15, 0.2) is 18.2 Å². The molecule has 0 saturated heterocycles. The Morgan fingerprint density at radius 1 is 1.32 bits per heavy atom. The third kappa shape index (κ3) is 3.25. The Labute approximate surface area is 123 Å². The molecule has 2 rings (SSSR count). The molecule has 116 valence electrons. The van der Waals surface area contributed by atoms with Crippen LogP contribution in [0, 0.1) is 35.6 Å². The summed E-state index contributed by atoms with van der Waals surface area (Å²) in [6.45, 7) is 2.62. The molecular formula is C13H12F2N4O3. The summed E-state index contributed by atoms with van der Waals surface area (Å²) in [6.07, 6.45) is 0. The monoisotopic (exact) mass is 310 g/mol. The van der Waals surface area contributed by atoms with E-state index in [4.69, 9.17) is 0 Å². The quantitative estimate of drug-likeness (QED) is 0.693. The molecule has 0 aliphatic rings. The molecule has 0 unspecified atom stereocenters. The average Bonchev–Trinajstić information content (AvgIpc) is 2.62. The third-order valence-electron chi connectivity index (χ3n) is 2.97. The second-order valence-electron chi connectivity index (χ2n) is 4.64. The first-order valence-corrected chi connectivity index (χ1v) is 6.22. The maximum absolute atomic E-state index is 13.0. The fourth-order valence-electron chi connectivity index (χ4n) is 2.07. The van der Waals surface area contributed by atoms with Gasteiger partial charge in [0.15, 0.2) is 0 Å². The van der Waals surface area contributed by atoms with Crippen LogP contribution in [0.5, 0.6) is 0 Å². The van der Waals surface area contributed by atoms with Gasteiger partial charge in [-0.25, -0.2) is 8.78 Å². The predicted octanol–water partition coefficient (Wildman–Crippen LogP) is 2.33. The normalized spacial score (nSPS) is 10.5. The summed E-state index contributed by atoms with van der Waals surface area (Å²) >= 11 is 0. The maximum atomic E-state index is 13.0. The van der Waals surface area contributed by atoms with Gasteiger partial charge in [-0.1, -0.05) is 0 Å². The zero-order valence-corrected chi connectivity index (χ0v) is 11.8. The molecule has 2 aromatic rings. The van der Waals surface area contributed by atoms with Gasteiger partial charge in [-0.2, -0.15) is 5.10 Å². The van der Waals surface area contributed by atoms with Crippen LogP contribution in [0.1, 0.15) is 11.4 Å². The summed E-state index contributed by atoms with van der Waals surface area (Å²) in [5.41, 5.74) is 0.207. The summed E-state index contributed by atoms with van der Waals surface area (Å²) in [5, 5.41) is 17.1. The van der Waals surface area contributed by atoms with E-state index >= 15 is 0 Å². The highest BCUT2D eigenvalue weighted by Gasteiger charge is 2.22. The number of carbonyl (C=O) groups is 1. The Morgan fingerprint density at radius 2 is 1.91 bits per heavy atom. The minimum Gasteiger partial charge on any atom is -0.324 e. The lowest BCUT2D eigenvalue weighted by molar-refractivity contribution is -0.386. The molecular weight excluding hydrogens is 298 g/mol. The Morgan fingerprint density at radius 3 is 2.41 bits per heavy atom. The van der Waals surface area contributed by atoms with Crippen molar-refractivity contribution in [3.05, 3.63) is 51.3 Å². The van der Waals surface area contributed by atoms with Crippen LogP contribution < -0.4 is 5.32 Å². The number of aryl methyl sites for hydroxylation is 1. The van der Waals surface area contributed by atoms with Gasteiger partial charge in [-0.15, -0.1) is 0 Å². The lowest BCUT2D eigenvalue weighted by Gasteiger charge is -2.06. The summed E-state index contributed by atoms with van der Waals surface area (Å²) in [7, 11) is 0. The number of hydrogen-bond donors (Lipinski definition) is 1. The number of aromatic nitrogens is 2. The van der Waals surface area contributed by atoms with Gasteiger partial charge in [0.1, 0.15) is 29.6 Å². The van der Waals surface area contributed by atoms with Crippen molar-refractivity contribution in [3.8, 4) is 0 Å². The van der Waals surface area contributed by atoms with E-state index < -0.39 is 22.5 Å². The van der Waals surface area contributed by atoms with Crippen LogP contribution in [0.2, 0.25) is 0 Å². The number of anilines is 1. The van der Waals surface area contributed by atoms with Gasteiger partial charge in [0.2, 0.25) is 5.91 Å². The topological polar surface area (TPSA) is 90.1 Å². The number of hydrogen-bond acceptors (Lipinski definition) is 4. The lowest BCUT2D eigenvalue weighted by Crippen LogP contribution is -2.20. The number of benzene rings is 1. The van der Waals surface area contributed by atoms with Crippen molar-refractivity contribution in [1.82, 2.24) is 9.78 Å². The van der Waals surface area contributed by atoms with Crippen molar-refractivity contribution >= 4 is 17.3 Å². The summed E-state index contributed by atoms with van der Waals surface area (Å²) in [5.74, 6) is -2.25. The molecule has 1 amide bonds. The fourth-order valence-corrected chi connectivity index (χ4v) is 2.07. The van der Waals surface area contributed by atoms with Gasteiger partial charge >= 0.3 is 5.69 Å². The van der Waals surface area contributed by atoms with Gasteiger partial charge in [0.25, 0.3) is 0 Å². The maximum Gasteiger partial charge on any atom is 0.312 e. The second kappa shape index (κ2) is 5.88. The molecule has 0 bridgehead atoms. The number of nitrogens with zero attached hydrogens (tertiary/aromatic N) is 3. The van der Waals surface area contributed by atoms with E-state index in [-0.39, 0.29) is 29.3 Å². The van der Waals surface area contributed by atoms with E-state index in [1.165, 1.54) is 18.5 Å². The van der Waals surface area contributed by atoms with E-state index in [0.717, 1.165) is 12.1 Å². The first-order chi connectivity index (χ1) is 10.3. The highest BCUT2D eigenvalue weighted by atomic mass is 19.1. The summed E-state index contributed by atoms with van der Waals surface area (Å²) < 4.78 is 27.2. The van der Waals surface area contributed by atoms with Crippen molar-refractivity contribution < 1.29 is 18.5 Å². The van der Waals surface area contributed by atoms with E-state index in [9.17, 15) is 23.7 Å². The Kier molecular flexibility index (Phi) is 4.15. The lowest BCUT2D eigenvalue weighted by atomic mass is 10.3. The fraction of sp³-hybridized carbons (Fsp3) is 0.231. The standard InChI is InChI=1S/C13H12F2N4O3/c1-7-13(19(21)22)8(2)18(17-7)6-12(20)16-11-4-9(14)3-10(15)5-11/h3-5H,6H2,1-2H3,(H,16,20). The van der Waals surface area contributed by atoms with Crippen molar-refractivity contribution in [1.29, 1.82) is 0 Å². The molecule has 0 radical (unpaired) electrons. The van der Waals surface area contributed by atoms with Crippen molar-refractivity contribution in [2.75, 3.05) is 5.32 Å². The summed E-state index contributed by atoms with van der Waals surface area (Å²) in [4.78, 5) is 22.2. The summed E-state index contributed by atoms with van der Waals surface area (Å²) in [6, 6.07) is 2.61. The van der Waals surface area contributed by atoms with Gasteiger partial charge < -0.3 is 5.32 Å². The first-order valence-electron chi connectivity index (χ1n) is 6.22. The number of nitro groups is 1. The molecule has 0 aliphatic heterocycles. The van der Waals surface area contributed by atoms with Gasteiger partial charge in [-0.05, 0) is 26.0 Å². The molecule has 22 heavy (non-hydrogen) atoms. The molecule has 0 atom stereocenters. The van der Waals surface area contributed by atoms with Gasteiger partial charge in [0, 0.05) is 11.8 Å². The molecule has 9 heteroatoms. The van der Waals surface area contributed by atoms with Crippen molar-refractivity contribution in [3.63, 3.8) is 0 Å². The number of amides is 1. The van der Waals surface area contributed by atoms with Crippen LogP contribution in [0.4, 0.5) is 20.2 Å². The largest absolute Gasteiger partial charge is 0.324 e. The minimum absolute atomic E-state index is 0.0430. The molecule has 1 aromatic heterocycles. The predicted molar refractivity (Wildman–Crippen MR) is 73.3 cm³/mol. The molecule has 0 spiro atoms. The highest BCUT2D eigenvalue weighted by molar-refractivity contribution is 5.90. The van der Waals surface area contributed by atoms with Crippen LogP contribution in [0.25, 0.3) is 0 Å². The number of rotatable bonds is 4. The van der Waals surface area contributed by atoms with E-state index in [1.807, 2.05) is 0 Å². The van der Waals surface area contributed by atoms with Gasteiger partial charge in [0.05, 0.1) is 4.92 Å². The van der Waals surface area contributed by atoms with Crippen LogP contribution in [0.3, 0.4) is 0 Å². The number of halogens is 2. The first kappa shape index (κ1) is 15.5. The Balaban J connectivity index is 2.16. The molecule has 0 aliphatic carbocycles. The third-order valence-corrected chi connectivity index (χ3v) is 2.97. The highest BCUT2D eigenvalue weighted by Crippen LogP contribution is 2.21. The molecule has 1 aromatic carbocycles. The Bertz CT molecular complexity index is 738. The Hall–Kier alpha value is -2.84. The number of nitrogens with one attached hydrogen (secondary N) is 1. The molecule has 1 heterocycles. The van der Waals surface area contributed by atoms with Crippen molar-refractivity contribution in [2.24, 2.45) is 0 Å².